The molecular formula is C18H30N2O3. The molecule has 0 saturated carbocycles. The molecule has 1 N–H and O–H groups in total. The third kappa shape index (κ3) is 2.35. The van der Waals surface area contributed by atoms with Crippen LogP contribution in [0.5, 0.6) is 0 Å². The van der Waals surface area contributed by atoms with Crippen molar-refractivity contribution in [2.75, 3.05) is 26.2 Å². The summed E-state index contributed by atoms with van der Waals surface area (Å²) in [5.74, 6) is -0.230. The molecule has 0 aromatic heterocycles. The Balaban J connectivity index is 1.93. The zero-order valence-electron chi connectivity index (χ0n) is 14.7. The summed E-state index contributed by atoms with van der Waals surface area (Å²) in [6, 6.07) is 0. The number of piperidine rings is 2. The van der Waals surface area contributed by atoms with Crippen molar-refractivity contribution < 1.29 is 14.7 Å². The topological polar surface area (TPSA) is 60.9 Å². The van der Waals surface area contributed by atoms with Gasteiger partial charge in [0, 0.05) is 32.6 Å². The fourth-order valence-electron chi connectivity index (χ4n) is 5.56. The molecule has 0 radical (unpaired) electrons. The van der Waals surface area contributed by atoms with E-state index in [0.29, 0.717) is 12.2 Å². The summed E-state index contributed by atoms with van der Waals surface area (Å²) in [6.07, 6.45) is 4.81. The standard InChI is InChI=1S/C18H30N2O3/c1-4-7-17-10-19-12-18(8-5-2,15(17)23)13-20(11-17)16(19,3)9-6-14(21)22/h4-13H2,1-3H3,(H,21,22). The third-order valence-electron chi connectivity index (χ3n) is 6.57. The lowest BCUT2D eigenvalue weighted by atomic mass is 9.56. The van der Waals surface area contributed by atoms with Crippen LogP contribution in [0.2, 0.25) is 0 Å². The van der Waals surface area contributed by atoms with Crippen LogP contribution in [-0.4, -0.2) is 58.5 Å². The van der Waals surface area contributed by atoms with Crippen molar-refractivity contribution in [3.63, 3.8) is 0 Å². The first kappa shape index (κ1) is 16.9. The summed E-state index contributed by atoms with van der Waals surface area (Å²) in [4.78, 5) is 29.3. The second-order valence-electron chi connectivity index (χ2n) is 8.21. The first-order valence-corrected chi connectivity index (χ1v) is 9.09. The molecule has 4 aliphatic heterocycles. The highest BCUT2D eigenvalue weighted by molar-refractivity contribution is 5.93. The van der Waals surface area contributed by atoms with Gasteiger partial charge in [-0.3, -0.25) is 19.4 Å². The molecule has 4 heterocycles. The number of aliphatic carboxylic acids is 1. The molecule has 4 rings (SSSR count). The monoisotopic (exact) mass is 322 g/mol. The summed E-state index contributed by atoms with van der Waals surface area (Å²) in [7, 11) is 0. The van der Waals surface area contributed by atoms with Gasteiger partial charge in [-0.2, -0.15) is 0 Å². The smallest absolute Gasteiger partial charge is 0.303 e. The van der Waals surface area contributed by atoms with Crippen LogP contribution < -0.4 is 0 Å². The van der Waals surface area contributed by atoms with E-state index in [2.05, 4.69) is 30.6 Å². The molecule has 0 unspecified atom stereocenters. The van der Waals surface area contributed by atoms with E-state index in [0.717, 1.165) is 51.9 Å². The minimum atomic E-state index is -0.731. The maximum atomic E-state index is 13.3. The molecule has 0 spiro atoms. The average Bonchev–Trinajstić information content (AvgIpc) is 2.47. The highest BCUT2D eigenvalue weighted by Crippen LogP contribution is 2.55. The van der Waals surface area contributed by atoms with E-state index in [4.69, 9.17) is 5.11 Å². The SMILES string of the molecule is CCCC12CN3CC(CCC)(CN(C1)C3(C)CCC(=O)O)C2=O. The Morgan fingerprint density at radius 2 is 1.43 bits per heavy atom. The van der Waals surface area contributed by atoms with Crippen LogP contribution in [0, 0.1) is 10.8 Å². The summed E-state index contributed by atoms with van der Waals surface area (Å²) < 4.78 is 0. The van der Waals surface area contributed by atoms with Gasteiger partial charge in [0.1, 0.15) is 5.78 Å². The summed E-state index contributed by atoms with van der Waals surface area (Å²) in [5.41, 5.74) is -0.639. The Kier molecular flexibility index (Phi) is 4.08. The molecule has 0 amide bonds. The fourth-order valence-corrected chi connectivity index (χ4v) is 5.56. The van der Waals surface area contributed by atoms with Crippen molar-refractivity contribution in [3.8, 4) is 0 Å². The predicted octanol–water partition coefficient (Wildman–Crippen LogP) is 2.35. The van der Waals surface area contributed by atoms with Crippen molar-refractivity contribution in [2.24, 2.45) is 10.8 Å². The van der Waals surface area contributed by atoms with Gasteiger partial charge in [0.05, 0.1) is 16.5 Å². The summed E-state index contributed by atoms with van der Waals surface area (Å²) in [5, 5.41) is 9.10. The van der Waals surface area contributed by atoms with Gasteiger partial charge in [-0.25, -0.2) is 0 Å². The lowest BCUT2D eigenvalue weighted by Crippen LogP contribution is -2.83. The van der Waals surface area contributed by atoms with Crippen molar-refractivity contribution in [3.05, 3.63) is 0 Å². The summed E-state index contributed by atoms with van der Waals surface area (Å²) >= 11 is 0. The number of nitrogens with zero attached hydrogens (tertiary/aromatic N) is 2. The number of carbonyl (C=O) groups excluding carboxylic acids is 1. The van der Waals surface area contributed by atoms with E-state index in [1.165, 1.54) is 0 Å². The van der Waals surface area contributed by atoms with Crippen molar-refractivity contribution >= 4 is 11.8 Å². The molecule has 5 heteroatoms. The highest BCUT2D eigenvalue weighted by Gasteiger charge is 2.67. The largest absolute Gasteiger partial charge is 0.481 e. The molecule has 0 atom stereocenters. The predicted molar refractivity (Wildman–Crippen MR) is 88.1 cm³/mol. The van der Waals surface area contributed by atoms with Crippen molar-refractivity contribution in [1.29, 1.82) is 0 Å². The van der Waals surface area contributed by atoms with E-state index in [1.54, 1.807) is 0 Å². The maximum absolute atomic E-state index is 13.3. The Hall–Kier alpha value is -0.940. The highest BCUT2D eigenvalue weighted by atomic mass is 16.4. The van der Waals surface area contributed by atoms with Gasteiger partial charge in [-0.1, -0.05) is 26.7 Å². The van der Waals surface area contributed by atoms with Crippen LogP contribution in [-0.2, 0) is 9.59 Å². The molecule has 4 bridgehead atoms. The molecule has 0 aromatic carbocycles. The normalized spacial score (nSPS) is 44.7. The first-order valence-electron chi connectivity index (χ1n) is 9.09. The van der Waals surface area contributed by atoms with Crippen molar-refractivity contribution in [1.82, 2.24) is 9.80 Å². The zero-order valence-corrected chi connectivity index (χ0v) is 14.7. The number of ketones is 1. The molecular weight excluding hydrogens is 292 g/mol. The van der Waals surface area contributed by atoms with Gasteiger partial charge in [0.25, 0.3) is 0 Å². The van der Waals surface area contributed by atoms with E-state index in [-0.39, 0.29) is 22.9 Å². The van der Waals surface area contributed by atoms with Crippen LogP contribution in [0.3, 0.4) is 0 Å². The lowest BCUT2D eigenvalue weighted by Gasteiger charge is -2.70. The third-order valence-corrected chi connectivity index (χ3v) is 6.57. The molecule has 23 heavy (non-hydrogen) atoms. The Morgan fingerprint density at radius 3 is 1.78 bits per heavy atom. The van der Waals surface area contributed by atoms with Gasteiger partial charge in [0.15, 0.2) is 0 Å². The summed E-state index contributed by atoms with van der Waals surface area (Å²) in [6.45, 7) is 9.77. The van der Waals surface area contributed by atoms with Gasteiger partial charge >= 0.3 is 5.97 Å². The molecule has 0 aromatic rings. The molecule has 5 nitrogen and oxygen atoms in total. The average molecular weight is 322 g/mol. The number of carboxylic acids is 1. The van der Waals surface area contributed by atoms with Gasteiger partial charge in [-0.15, -0.1) is 0 Å². The number of hydrogen-bond acceptors (Lipinski definition) is 4. The number of Topliss-reactive ketones (excluding diaryl/α,β-unsaturated/α-hetero) is 1. The van der Waals surface area contributed by atoms with Gasteiger partial charge in [0.2, 0.25) is 0 Å². The van der Waals surface area contributed by atoms with Crippen molar-refractivity contribution in [2.45, 2.75) is 65.0 Å². The molecule has 4 saturated heterocycles. The Morgan fingerprint density at radius 1 is 1.00 bits per heavy atom. The number of hydrogen-bond donors (Lipinski definition) is 1. The maximum Gasteiger partial charge on any atom is 0.303 e. The first-order chi connectivity index (χ1) is 10.8. The van der Waals surface area contributed by atoms with E-state index in [1.807, 2.05) is 0 Å². The Labute approximate surface area is 139 Å². The van der Waals surface area contributed by atoms with E-state index in [9.17, 15) is 9.59 Å². The minimum absolute atomic E-state index is 0.193. The zero-order chi connectivity index (χ0) is 16.9. The molecule has 0 aliphatic carbocycles. The van der Waals surface area contributed by atoms with Crippen LogP contribution in [0.25, 0.3) is 0 Å². The number of rotatable bonds is 7. The fraction of sp³-hybridized carbons (Fsp3) is 0.889. The minimum Gasteiger partial charge on any atom is -0.481 e. The van der Waals surface area contributed by atoms with Gasteiger partial charge < -0.3 is 5.11 Å². The van der Waals surface area contributed by atoms with Gasteiger partial charge in [-0.05, 0) is 26.2 Å². The second kappa shape index (κ2) is 5.55. The Bertz CT molecular complexity index is 472. The number of carboxylic acid groups (broad SMARTS) is 1. The van der Waals surface area contributed by atoms with E-state index < -0.39 is 5.97 Å². The van der Waals surface area contributed by atoms with Crippen LogP contribution in [0.4, 0.5) is 0 Å². The second-order valence-corrected chi connectivity index (χ2v) is 8.21. The quantitative estimate of drug-likeness (QED) is 0.779. The molecule has 4 aliphatic rings. The van der Waals surface area contributed by atoms with Crippen LogP contribution >= 0.6 is 0 Å². The molecule has 4 fully saturated rings. The number of carbonyl (C=O) groups is 2. The van der Waals surface area contributed by atoms with E-state index >= 15 is 0 Å². The van der Waals surface area contributed by atoms with Crippen LogP contribution in [0.1, 0.15) is 59.3 Å². The molecule has 130 valence electrons. The van der Waals surface area contributed by atoms with Crippen LogP contribution in [0.15, 0.2) is 0 Å². The lowest BCUT2D eigenvalue weighted by molar-refractivity contribution is -0.235.